The van der Waals surface area contributed by atoms with E-state index in [-0.39, 0.29) is 18.0 Å². The van der Waals surface area contributed by atoms with Crippen LogP contribution in [0.4, 0.5) is 0 Å². The highest BCUT2D eigenvalue weighted by atomic mass is 16.2. The monoisotopic (exact) mass is 245 g/mol. The fourth-order valence-electron chi connectivity index (χ4n) is 2.74. The van der Waals surface area contributed by atoms with Crippen LogP contribution in [-0.4, -0.2) is 27.9 Å². The van der Waals surface area contributed by atoms with Gasteiger partial charge in [0.2, 0.25) is 5.91 Å². The van der Waals surface area contributed by atoms with Crippen LogP contribution in [0.15, 0.2) is 18.3 Å². The van der Waals surface area contributed by atoms with Gasteiger partial charge in [0.15, 0.2) is 0 Å². The van der Waals surface area contributed by atoms with Crippen molar-refractivity contribution in [3.05, 3.63) is 29.6 Å². The van der Waals surface area contributed by atoms with Gasteiger partial charge in [-0.25, -0.2) is 0 Å². The first-order valence-electron chi connectivity index (χ1n) is 6.66. The second-order valence-corrected chi connectivity index (χ2v) is 5.44. The van der Waals surface area contributed by atoms with Crippen molar-refractivity contribution in [1.29, 1.82) is 0 Å². The van der Waals surface area contributed by atoms with Gasteiger partial charge in [-0.1, -0.05) is 6.07 Å². The van der Waals surface area contributed by atoms with Crippen molar-refractivity contribution in [3.63, 3.8) is 0 Å². The molecule has 96 valence electrons. The van der Waals surface area contributed by atoms with Gasteiger partial charge >= 0.3 is 0 Å². The van der Waals surface area contributed by atoms with Gasteiger partial charge in [-0.05, 0) is 37.8 Å². The molecule has 1 amide bonds. The fraction of sp³-hybridized carbons (Fsp3) is 0.571. The lowest BCUT2D eigenvalue weighted by Crippen LogP contribution is -2.50. The van der Waals surface area contributed by atoms with Gasteiger partial charge < -0.3 is 10.6 Å². The minimum Gasteiger partial charge on any atom is -0.330 e. The van der Waals surface area contributed by atoms with Gasteiger partial charge in [0.1, 0.15) is 0 Å². The molecule has 1 aliphatic heterocycles. The van der Waals surface area contributed by atoms with Gasteiger partial charge in [-0.3, -0.25) is 9.78 Å². The highest BCUT2D eigenvalue weighted by Crippen LogP contribution is 2.39. The van der Waals surface area contributed by atoms with Gasteiger partial charge in [-0.15, -0.1) is 0 Å². The Morgan fingerprint density at radius 3 is 2.72 bits per heavy atom. The second-order valence-electron chi connectivity index (χ2n) is 5.44. The summed E-state index contributed by atoms with van der Waals surface area (Å²) in [7, 11) is 0. The van der Waals surface area contributed by atoms with Crippen molar-refractivity contribution in [2.24, 2.45) is 5.73 Å². The summed E-state index contributed by atoms with van der Waals surface area (Å²) in [6, 6.07) is 4.43. The summed E-state index contributed by atoms with van der Waals surface area (Å²) in [5.41, 5.74) is 8.30. The topological polar surface area (TPSA) is 59.2 Å². The SMILES string of the molecule is Cc1ccc(C2C(N)CCC(=O)N2C2CC2)nc1. The molecule has 1 aliphatic carbocycles. The molecule has 2 N–H and O–H groups in total. The average Bonchev–Trinajstić information content (AvgIpc) is 3.17. The Morgan fingerprint density at radius 1 is 1.33 bits per heavy atom. The van der Waals surface area contributed by atoms with Crippen LogP contribution in [-0.2, 0) is 4.79 Å². The summed E-state index contributed by atoms with van der Waals surface area (Å²) in [6.07, 6.45) is 5.43. The summed E-state index contributed by atoms with van der Waals surface area (Å²) in [6.45, 7) is 2.02. The van der Waals surface area contributed by atoms with Gasteiger partial charge in [-0.2, -0.15) is 0 Å². The van der Waals surface area contributed by atoms with Crippen LogP contribution in [0.3, 0.4) is 0 Å². The summed E-state index contributed by atoms with van der Waals surface area (Å²) >= 11 is 0. The standard InChI is InChI=1S/C14H19N3O/c1-9-2-6-12(16-8-9)14-11(15)5-7-13(18)17(14)10-3-4-10/h2,6,8,10-11,14H,3-5,7,15H2,1H3. The lowest BCUT2D eigenvalue weighted by Gasteiger charge is -2.39. The average molecular weight is 245 g/mol. The molecule has 1 aromatic rings. The Morgan fingerprint density at radius 2 is 2.11 bits per heavy atom. The van der Waals surface area contributed by atoms with E-state index in [0.717, 1.165) is 30.5 Å². The maximum atomic E-state index is 12.1. The molecule has 2 fully saturated rings. The van der Waals surface area contributed by atoms with Crippen molar-refractivity contribution in [3.8, 4) is 0 Å². The van der Waals surface area contributed by atoms with Crippen molar-refractivity contribution >= 4 is 5.91 Å². The lowest BCUT2D eigenvalue weighted by atomic mass is 9.93. The number of carbonyl (C=O) groups is 1. The first kappa shape index (κ1) is 11.7. The molecule has 0 bridgehead atoms. The Balaban J connectivity index is 1.94. The molecule has 2 heterocycles. The number of carbonyl (C=O) groups excluding carboxylic acids is 1. The fourth-order valence-corrected chi connectivity index (χ4v) is 2.74. The highest BCUT2D eigenvalue weighted by molar-refractivity contribution is 5.78. The Hall–Kier alpha value is -1.42. The summed E-state index contributed by atoms with van der Waals surface area (Å²) in [5.74, 6) is 0.242. The largest absolute Gasteiger partial charge is 0.330 e. The van der Waals surface area contributed by atoms with Crippen molar-refractivity contribution < 1.29 is 4.79 Å². The van der Waals surface area contributed by atoms with E-state index in [1.807, 2.05) is 30.2 Å². The van der Waals surface area contributed by atoms with Crippen LogP contribution in [0.25, 0.3) is 0 Å². The molecule has 2 aliphatic rings. The van der Waals surface area contributed by atoms with E-state index in [1.54, 1.807) is 0 Å². The summed E-state index contributed by atoms with van der Waals surface area (Å²) < 4.78 is 0. The van der Waals surface area contributed by atoms with Gasteiger partial charge in [0.05, 0.1) is 11.7 Å². The number of nitrogens with two attached hydrogens (primary N) is 1. The molecular weight excluding hydrogens is 226 g/mol. The zero-order valence-corrected chi connectivity index (χ0v) is 10.7. The van der Waals surface area contributed by atoms with Crippen molar-refractivity contribution in [2.45, 2.75) is 50.7 Å². The number of aromatic nitrogens is 1. The van der Waals surface area contributed by atoms with Crippen LogP contribution in [0.2, 0.25) is 0 Å². The zero-order chi connectivity index (χ0) is 12.7. The number of nitrogens with zero attached hydrogens (tertiary/aromatic N) is 2. The molecule has 4 nitrogen and oxygen atoms in total. The number of aryl methyl sites for hydroxylation is 1. The molecule has 3 rings (SSSR count). The molecule has 1 saturated carbocycles. The molecule has 1 aromatic heterocycles. The highest BCUT2D eigenvalue weighted by Gasteiger charge is 2.43. The minimum absolute atomic E-state index is 0.0125. The minimum atomic E-state index is -0.0284. The quantitative estimate of drug-likeness (QED) is 0.860. The molecule has 2 atom stereocenters. The molecular formula is C14H19N3O. The summed E-state index contributed by atoms with van der Waals surface area (Å²) in [5, 5.41) is 0. The van der Waals surface area contributed by atoms with Crippen LogP contribution in [0, 0.1) is 6.92 Å². The predicted molar refractivity (Wildman–Crippen MR) is 68.8 cm³/mol. The zero-order valence-electron chi connectivity index (χ0n) is 10.7. The molecule has 0 radical (unpaired) electrons. The van der Waals surface area contributed by atoms with E-state index in [4.69, 9.17) is 5.73 Å². The van der Waals surface area contributed by atoms with Crippen LogP contribution in [0.1, 0.15) is 43.0 Å². The third-order valence-corrected chi connectivity index (χ3v) is 3.86. The number of hydrogen-bond acceptors (Lipinski definition) is 3. The Labute approximate surface area is 107 Å². The maximum Gasteiger partial charge on any atom is 0.223 e. The summed E-state index contributed by atoms with van der Waals surface area (Å²) in [4.78, 5) is 18.6. The molecule has 2 unspecified atom stereocenters. The third-order valence-electron chi connectivity index (χ3n) is 3.86. The van der Waals surface area contributed by atoms with Crippen molar-refractivity contribution in [2.75, 3.05) is 0 Å². The van der Waals surface area contributed by atoms with Gasteiger partial charge in [0.25, 0.3) is 0 Å². The van der Waals surface area contributed by atoms with Crippen molar-refractivity contribution in [1.82, 2.24) is 9.88 Å². The number of rotatable bonds is 2. The van der Waals surface area contributed by atoms with Crippen LogP contribution >= 0.6 is 0 Å². The third kappa shape index (κ3) is 2.01. The molecule has 1 saturated heterocycles. The normalized spacial score (nSPS) is 28.6. The molecule has 0 aromatic carbocycles. The first-order chi connectivity index (χ1) is 8.66. The first-order valence-corrected chi connectivity index (χ1v) is 6.66. The van der Waals surface area contributed by atoms with E-state index < -0.39 is 0 Å². The number of amides is 1. The Kier molecular flexibility index (Phi) is 2.82. The number of likely N-dealkylation sites (tertiary alicyclic amines) is 1. The molecule has 4 heteroatoms. The van der Waals surface area contributed by atoms with Crippen LogP contribution in [0.5, 0.6) is 0 Å². The smallest absolute Gasteiger partial charge is 0.223 e. The number of pyridine rings is 1. The van der Waals surface area contributed by atoms with Crippen LogP contribution < -0.4 is 5.73 Å². The van der Waals surface area contributed by atoms with E-state index in [2.05, 4.69) is 4.98 Å². The van der Waals surface area contributed by atoms with E-state index >= 15 is 0 Å². The molecule has 18 heavy (non-hydrogen) atoms. The lowest BCUT2D eigenvalue weighted by molar-refractivity contribution is -0.138. The molecule has 0 spiro atoms. The number of hydrogen-bond donors (Lipinski definition) is 1. The van der Waals surface area contributed by atoms with Gasteiger partial charge in [0, 0.05) is 24.7 Å². The second kappa shape index (κ2) is 4.35. The maximum absolute atomic E-state index is 12.1. The van der Waals surface area contributed by atoms with E-state index in [1.165, 1.54) is 0 Å². The predicted octanol–water partition coefficient (Wildman–Crippen LogP) is 1.54. The van der Waals surface area contributed by atoms with E-state index in [0.29, 0.717) is 12.5 Å². The van der Waals surface area contributed by atoms with E-state index in [9.17, 15) is 4.79 Å². The Bertz CT molecular complexity index is 453. The number of piperidine rings is 1.